The SMILES string of the molecule is C=CCc1ccccc1OCC(O)CNCCc1ccc(O)cc1.O=C(O)C(=O)O. The number of rotatable bonds is 10. The van der Waals surface area contributed by atoms with Crippen molar-refractivity contribution in [1.82, 2.24) is 5.32 Å². The molecule has 162 valence electrons. The molecule has 30 heavy (non-hydrogen) atoms. The Balaban J connectivity index is 0.000000656. The van der Waals surface area contributed by atoms with E-state index >= 15 is 0 Å². The number of carbonyl (C=O) groups is 2. The summed E-state index contributed by atoms with van der Waals surface area (Å²) in [5, 5.41) is 37.3. The van der Waals surface area contributed by atoms with Gasteiger partial charge in [-0.25, -0.2) is 9.59 Å². The van der Waals surface area contributed by atoms with E-state index < -0.39 is 18.0 Å². The van der Waals surface area contributed by atoms with Crippen molar-refractivity contribution in [3.63, 3.8) is 0 Å². The third-order valence-electron chi connectivity index (χ3n) is 3.86. The van der Waals surface area contributed by atoms with Crippen LogP contribution in [0.2, 0.25) is 0 Å². The molecule has 8 heteroatoms. The van der Waals surface area contributed by atoms with E-state index in [0.29, 0.717) is 6.54 Å². The zero-order chi connectivity index (χ0) is 22.4. The first-order valence-electron chi connectivity index (χ1n) is 9.28. The van der Waals surface area contributed by atoms with Gasteiger partial charge in [0.2, 0.25) is 0 Å². The molecular formula is C22H27NO7. The van der Waals surface area contributed by atoms with E-state index in [4.69, 9.17) is 24.5 Å². The number of aliphatic hydroxyl groups excluding tert-OH is 1. The van der Waals surface area contributed by atoms with Crippen molar-refractivity contribution in [2.45, 2.75) is 18.9 Å². The van der Waals surface area contributed by atoms with Gasteiger partial charge in [0.1, 0.15) is 24.2 Å². The van der Waals surface area contributed by atoms with Crippen molar-refractivity contribution in [2.24, 2.45) is 0 Å². The maximum Gasteiger partial charge on any atom is 0.414 e. The van der Waals surface area contributed by atoms with Crippen LogP contribution in [-0.2, 0) is 22.4 Å². The molecule has 0 aliphatic rings. The molecule has 2 rings (SSSR count). The first-order chi connectivity index (χ1) is 14.3. The predicted molar refractivity (Wildman–Crippen MR) is 112 cm³/mol. The van der Waals surface area contributed by atoms with Crippen LogP contribution in [0, 0.1) is 0 Å². The van der Waals surface area contributed by atoms with E-state index in [2.05, 4.69) is 11.9 Å². The van der Waals surface area contributed by atoms with Crippen molar-refractivity contribution in [3.8, 4) is 11.5 Å². The minimum Gasteiger partial charge on any atom is -0.508 e. The summed E-state index contributed by atoms with van der Waals surface area (Å²) in [6.45, 7) is 5.23. The van der Waals surface area contributed by atoms with Crippen LogP contribution < -0.4 is 10.1 Å². The number of aliphatic carboxylic acids is 2. The third kappa shape index (κ3) is 10.3. The van der Waals surface area contributed by atoms with E-state index in [-0.39, 0.29) is 12.4 Å². The van der Waals surface area contributed by atoms with Gasteiger partial charge in [-0.15, -0.1) is 6.58 Å². The highest BCUT2D eigenvalue weighted by Crippen LogP contribution is 2.18. The molecule has 0 bridgehead atoms. The molecule has 2 aromatic rings. The minimum absolute atomic E-state index is 0.250. The van der Waals surface area contributed by atoms with Crippen molar-refractivity contribution in [2.75, 3.05) is 19.7 Å². The number of aromatic hydroxyl groups is 1. The fourth-order valence-corrected chi connectivity index (χ4v) is 2.38. The highest BCUT2D eigenvalue weighted by Gasteiger charge is 2.07. The van der Waals surface area contributed by atoms with Gasteiger partial charge in [0.25, 0.3) is 0 Å². The normalized spacial score (nSPS) is 11.0. The van der Waals surface area contributed by atoms with E-state index in [1.807, 2.05) is 42.5 Å². The summed E-state index contributed by atoms with van der Waals surface area (Å²) in [5.41, 5.74) is 2.21. The number of hydrogen-bond acceptors (Lipinski definition) is 6. The second-order valence-electron chi connectivity index (χ2n) is 6.30. The molecule has 0 aliphatic carbocycles. The Labute approximate surface area is 175 Å². The molecule has 1 atom stereocenters. The van der Waals surface area contributed by atoms with Gasteiger partial charge in [0.15, 0.2) is 0 Å². The lowest BCUT2D eigenvalue weighted by atomic mass is 10.1. The van der Waals surface area contributed by atoms with Gasteiger partial charge in [0.05, 0.1) is 0 Å². The predicted octanol–water partition coefficient (Wildman–Crippen LogP) is 1.85. The first-order valence-corrected chi connectivity index (χ1v) is 9.28. The fourth-order valence-electron chi connectivity index (χ4n) is 2.38. The van der Waals surface area contributed by atoms with Gasteiger partial charge in [0, 0.05) is 6.54 Å². The Bertz CT molecular complexity index is 793. The van der Waals surface area contributed by atoms with Gasteiger partial charge in [-0.2, -0.15) is 0 Å². The summed E-state index contributed by atoms with van der Waals surface area (Å²) in [6.07, 6.45) is 2.86. The van der Waals surface area contributed by atoms with Crippen LogP contribution in [0.1, 0.15) is 11.1 Å². The molecule has 2 aromatic carbocycles. The van der Waals surface area contributed by atoms with Crippen LogP contribution in [0.25, 0.3) is 0 Å². The molecule has 0 radical (unpaired) electrons. The van der Waals surface area contributed by atoms with Crippen molar-refractivity contribution >= 4 is 11.9 Å². The van der Waals surface area contributed by atoms with Crippen LogP contribution in [0.5, 0.6) is 11.5 Å². The Kier molecular flexibility index (Phi) is 11.3. The minimum atomic E-state index is -1.82. The molecule has 5 N–H and O–H groups in total. The van der Waals surface area contributed by atoms with Crippen LogP contribution in [0.3, 0.4) is 0 Å². The topological polar surface area (TPSA) is 136 Å². The number of allylic oxidation sites excluding steroid dienone is 1. The quantitative estimate of drug-likeness (QED) is 0.224. The lowest BCUT2D eigenvalue weighted by Crippen LogP contribution is -2.32. The molecular weight excluding hydrogens is 390 g/mol. The highest BCUT2D eigenvalue weighted by molar-refractivity contribution is 6.27. The van der Waals surface area contributed by atoms with Gasteiger partial charge in [-0.05, 0) is 48.7 Å². The average Bonchev–Trinajstić information content (AvgIpc) is 2.72. The van der Waals surface area contributed by atoms with Gasteiger partial charge < -0.3 is 30.5 Å². The molecule has 1 unspecified atom stereocenters. The lowest BCUT2D eigenvalue weighted by molar-refractivity contribution is -0.159. The summed E-state index contributed by atoms with van der Waals surface area (Å²) in [7, 11) is 0. The summed E-state index contributed by atoms with van der Waals surface area (Å²) in [4.78, 5) is 18.2. The van der Waals surface area contributed by atoms with Crippen LogP contribution in [-0.4, -0.2) is 58.2 Å². The number of benzene rings is 2. The van der Waals surface area contributed by atoms with E-state index in [0.717, 1.165) is 36.3 Å². The molecule has 8 nitrogen and oxygen atoms in total. The van der Waals surface area contributed by atoms with Crippen molar-refractivity contribution in [1.29, 1.82) is 0 Å². The molecule has 0 amide bonds. The summed E-state index contributed by atoms with van der Waals surface area (Å²) >= 11 is 0. The highest BCUT2D eigenvalue weighted by atomic mass is 16.5. The second-order valence-corrected chi connectivity index (χ2v) is 6.30. The van der Waals surface area contributed by atoms with E-state index in [9.17, 15) is 10.2 Å². The Morgan fingerprint density at radius 3 is 2.30 bits per heavy atom. The van der Waals surface area contributed by atoms with Gasteiger partial charge in [-0.1, -0.05) is 36.4 Å². The second kappa shape index (κ2) is 13.8. The summed E-state index contributed by atoms with van der Waals surface area (Å²) < 4.78 is 5.71. The third-order valence-corrected chi connectivity index (χ3v) is 3.86. The lowest BCUT2D eigenvalue weighted by Gasteiger charge is -2.15. The molecule has 0 aliphatic heterocycles. The maximum absolute atomic E-state index is 10.0. The number of carboxylic acids is 2. The Hall–Kier alpha value is -3.36. The smallest absolute Gasteiger partial charge is 0.414 e. The van der Waals surface area contributed by atoms with Crippen LogP contribution in [0.4, 0.5) is 0 Å². The number of hydrogen-bond donors (Lipinski definition) is 5. The molecule has 0 saturated heterocycles. The average molecular weight is 417 g/mol. The molecule has 0 saturated carbocycles. The number of aliphatic hydroxyl groups is 1. The van der Waals surface area contributed by atoms with Crippen molar-refractivity contribution in [3.05, 3.63) is 72.3 Å². The van der Waals surface area contributed by atoms with E-state index in [1.165, 1.54) is 0 Å². The Morgan fingerprint density at radius 1 is 1.07 bits per heavy atom. The summed E-state index contributed by atoms with van der Waals surface area (Å²) in [5.74, 6) is -2.58. The summed E-state index contributed by atoms with van der Waals surface area (Å²) in [6, 6.07) is 14.9. The molecule has 0 heterocycles. The van der Waals surface area contributed by atoms with Gasteiger partial charge >= 0.3 is 11.9 Å². The largest absolute Gasteiger partial charge is 0.508 e. The number of ether oxygens (including phenoxy) is 1. The van der Waals surface area contributed by atoms with Crippen LogP contribution >= 0.6 is 0 Å². The van der Waals surface area contributed by atoms with E-state index in [1.54, 1.807) is 12.1 Å². The molecule has 0 aromatic heterocycles. The van der Waals surface area contributed by atoms with Crippen molar-refractivity contribution < 1.29 is 34.8 Å². The van der Waals surface area contributed by atoms with Crippen LogP contribution in [0.15, 0.2) is 61.2 Å². The number of phenolic OH excluding ortho intramolecular Hbond substituents is 1. The number of carboxylic acid groups (broad SMARTS) is 2. The van der Waals surface area contributed by atoms with Gasteiger partial charge in [-0.3, -0.25) is 0 Å². The molecule has 0 spiro atoms. The Morgan fingerprint density at radius 2 is 1.70 bits per heavy atom. The monoisotopic (exact) mass is 417 g/mol. The standard InChI is InChI=1S/C20H25NO3.C2H2O4/c1-2-5-17-6-3-4-7-20(17)24-15-19(23)14-21-13-12-16-8-10-18(22)11-9-16;3-1(4)2(5)6/h2-4,6-11,19,21-23H,1,5,12-15H2;(H,3,4)(H,5,6). The zero-order valence-electron chi connectivity index (χ0n) is 16.5. The molecule has 0 fully saturated rings. The zero-order valence-corrected chi connectivity index (χ0v) is 16.5. The number of nitrogens with one attached hydrogen (secondary N) is 1. The number of para-hydroxylation sites is 1. The fraction of sp³-hybridized carbons (Fsp3) is 0.273. The number of phenols is 1. The maximum atomic E-state index is 10.0. The first kappa shape index (κ1) is 24.7.